The van der Waals surface area contributed by atoms with Gasteiger partial charge in [0.05, 0.1) is 5.41 Å². The Morgan fingerprint density at radius 2 is 1.66 bits per heavy atom. The normalized spacial score (nSPS) is 24.8. The Hall–Kier alpha value is -2.66. The maximum Gasteiger partial charge on any atom is 0.254 e. The molecule has 32 heavy (non-hydrogen) atoms. The third-order valence-electron chi connectivity index (χ3n) is 7.66. The molecule has 1 aliphatic carbocycles. The lowest BCUT2D eigenvalue weighted by molar-refractivity contribution is -0.131. The zero-order valence-corrected chi connectivity index (χ0v) is 18.6. The average Bonchev–Trinajstić information content (AvgIpc) is 3.16. The van der Waals surface area contributed by atoms with E-state index >= 15 is 0 Å². The van der Waals surface area contributed by atoms with Gasteiger partial charge in [-0.3, -0.25) is 9.59 Å². The van der Waals surface area contributed by atoms with E-state index in [9.17, 15) is 9.59 Å². The molecule has 0 atom stereocenters. The van der Waals surface area contributed by atoms with Gasteiger partial charge in [-0.05, 0) is 61.6 Å². The molecule has 1 N–H and O–H groups in total. The van der Waals surface area contributed by atoms with E-state index in [4.69, 9.17) is 4.74 Å². The lowest BCUT2D eigenvalue weighted by atomic mass is 9.73. The fraction of sp³-hybridized carbons (Fsp3) is 0.481. The monoisotopic (exact) mass is 432 g/mol. The minimum absolute atomic E-state index is 0.153. The molecular formula is C27H32N2O3. The second-order valence-corrected chi connectivity index (χ2v) is 9.59. The number of carbonyl (C=O) groups excluding carboxylic acids is 2. The van der Waals surface area contributed by atoms with E-state index in [0.29, 0.717) is 19.1 Å². The van der Waals surface area contributed by atoms with Crippen LogP contribution in [0.15, 0.2) is 54.6 Å². The molecule has 0 radical (unpaired) electrons. The lowest BCUT2D eigenvalue weighted by Crippen LogP contribution is -2.51. The van der Waals surface area contributed by atoms with Crippen molar-refractivity contribution in [1.29, 1.82) is 0 Å². The van der Waals surface area contributed by atoms with Crippen LogP contribution in [0.25, 0.3) is 0 Å². The summed E-state index contributed by atoms with van der Waals surface area (Å²) in [7, 11) is 0. The molecule has 0 aromatic heterocycles. The minimum Gasteiger partial charge on any atom is -0.381 e. The summed E-state index contributed by atoms with van der Waals surface area (Å²) in [5.41, 5.74) is 2.61. The van der Waals surface area contributed by atoms with Crippen molar-refractivity contribution in [2.75, 3.05) is 19.8 Å². The van der Waals surface area contributed by atoms with E-state index in [-0.39, 0.29) is 17.9 Å². The number of benzene rings is 2. The highest BCUT2D eigenvalue weighted by atomic mass is 16.5. The van der Waals surface area contributed by atoms with Crippen molar-refractivity contribution in [2.24, 2.45) is 5.92 Å². The summed E-state index contributed by atoms with van der Waals surface area (Å²) in [4.78, 5) is 28.2. The number of amides is 2. The van der Waals surface area contributed by atoms with E-state index in [0.717, 1.165) is 68.3 Å². The number of carbonyl (C=O) groups is 2. The number of rotatable bonds is 5. The van der Waals surface area contributed by atoms with Gasteiger partial charge >= 0.3 is 0 Å². The third kappa shape index (κ3) is 4.06. The zero-order chi connectivity index (χ0) is 22.0. The molecule has 168 valence electrons. The highest BCUT2D eigenvalue weighted by Crippen LogP contribution is 2.36. The molecule has 1 saturated carbocycles. The first-order valence-electron chi connectivity index (χ1n) is 12.0. The second kappa shape index (κ2) is 9.07. The summed E-state index contributed by atoms with van der Waals surface area (Å²) in [5, 5.41) is 3.39. The molecule has 2 aliphatic heterocycles. The van der Waals surface area contributed by atoms with Crippen molar-refractivity contribution in [1.82, 2.24) is 10.2 Å². The van der Waals surface area contributed by atoms with E-state index < -0.39 is 5.41 Å². The zero-order valence-electron chi connectivity index (χ0n) is 18.6. The van der Waals surface area contributed by atoms with Gasteiger partial charge in [-0.1, -0.05) is 48.5 Å². The van der Waals surface area contributed by atoms with Gasteiger partial charge in [0.15, 0.2) is 0 Å². The van der Waals surface area contributed by atoms with E-state index in [1.54, 1.807) is 0 Å². The smallest absolute Gasteiger partial charge is 0.254 e. The molecule has 1 saturated heterocycles. The summed E-state index contributed by atoms with van der Waals surface area (Å²) < 4.78 is 5.58. The van der Waals surface area contributed by atoms with Gasteiger partial charge in [0, 0.05) is 37.9 Å². The number of fused-ring (bicyclic) bond motifs is 1. The number of ether oxygens (including phenoxy) is 1. The molecule has 3 aliphatic rings. The van der Waals surface area contributed by atoms with E-state index in [1.165, 1.54) is 0 Å². The van der Waals surface area contributed by atoms with Crippen LogP contribution in [0.5, 0.6) is 0 Å². The van der Waals surface area contributed by atoms with Gasteiger partial charge in [-0.2, -0.15) is 0 Å². The van der Waals surface area contributed by atoms with Crippen LogP contribution >= 0.6 is 0 Å². The Bertz CT molecular complexity index is 960. The second-order valence-electron chi connectivity index (χ2n) is 9.59. The van der Waals surface area contributed by atoms with Gasteiger partial charge in [-0.25, -0.2) is 0 Å². The van der Waals surface area contributed by atoms with Crippen LogP contribution in [-0.2, 0) is 21.5 Å². The predicted molar refractivity (Wildman–Crippen MR) is 123 cm³/mol. The highest BCUT2D eigenvalue weighted by Gasteiger charge is 2.42. The fourth-order valence-electron chi connectivity index (χ4n) is 5.71. The first-order chi connectivity index (χ1) is 15.7. The first-order valence-corrected chi connectivity index (χ1v) is 12.0. The lowest BCUT2D eigenvalue weighted by Gasteiger charge is -2.39. The molecule has 0 spiro atoms. The van der Waals surface area contributed by atoms with Gasteiger partial charge in [0.25, 0.3) is 5.91 Å². The van der Waals surface area contributed by atoms with Gasteiger partial charge in [-0.15, -0.1) is 0 Å². The van der Waals surface area contributed by atoms with Crippen molar-refractivity contribution in [3.8, 4) is 0 Å². The van der Waals surface area contributed by atoms with E-state index in [2.05, 4.69) is 23.5 Å². The number of hydrogen-bond acceptors (Lipinski definition) is 3. The molecule has 0 unspecified atom stereocenters. The van der Waals surface area contributed by atoms with Crippen molar-refractivity contribution in [3.63, 3.8) is 0 Å². The molecule has 2 amide bonds. The number of nitrogens with zero attached hydrogens (tertiary/aromatic N) is 1. The molecular weight excluding hydrogens is 400 g/mol. The molecule has 2 aromatic carbocycles. The topological polar surface area (TPSA) is 58.6 Å². The molecule has 2 fully saturated rings. The number of hydrogen-bond donors (Lipinski definition) is 1. The SMILES string of the molecule is O=C1c2ccccc2CN1CC1CCC(NC(=O)C2(c3ccccc3)CCOCC2)CC1. The van der Waals surface area contributed by atoms with E-state index in [1.807, 2.05) is 41.3 Å². The predicted octanol–water partition coefficient (Wildman–Crippen LogP) is 4.07. The van der Waals surface area contributed by atoms with Crippen LogP contribution in [0.3, 0.4) is 0 Å². The van der Waals surface area contributed by atoms with Crippen molar-refractivity contribution < 1.29 is 14.3 Å². The molecule has 5 rings (SSSR count). The largest absolute Gasteiger partial charge is 0.381 e. The summed E-state index contributed by atoms with van der Waals surface area (Å²) in [6, 6.07) is 18.3. The summed E-state index contributed by atoms with van der Waals surface area (Å²) in [6.07, 6.45) is 5.52. The molecule has 0 bridgehead atoms. The minimum atomic E-state index is -0.482. The van der Waals surface area contributed by atoms with Gasteiger partial charge < -0.3 is 15.0 Å². The summed E-state index contributed by atoms with van der Waals surface area (Å²) in [6.45, 7) is 2.80. The molecule has 5 nitrogen and oxygen atoms in total. The molecule has 5 heteroatoms. The van der Waals surface area contributed by atoms with Crippen molar-refractivity contribution in [3.05, 3.63) is 71.3 Å². The maximum absolute atomic E-state index is 13.5. The summed E-state index contributed by atoms with van der Waals surface area (Å²) in [5.74, 6) is 0.827. The van der Waals surface area contributed by atoms with Crippen LogP contribution in [0.2, 0.25) is 0 Å². The van der Waals surface area contributed by atoms with Crippen LogP contribution in [0, 0.1) is 5.92 Å². The highest BCUT2D eigenvalue weighted by molar-refractivity contribution is 5.98. The quantitative estimate of drug-likeness (QED) is 0.775. The Morgan fingerprint density at radius 1 is 0.969 bits per heavy atom. The standard InChI is InChI=1S/C27H32N2O3/c30-25-24-9-5-4-6-21(24)19-29(25)18-20-10-12-23(13-11-20)28-26(31)27(14-16-32-17-15-27)22-7-2-1-3-8-22/h1-9,20,23H,10-19H2,(H,28,31). The Balaban J connectivity index is 1.17. The molecule has 2 aromatic rings. The van der Waals surface area contributed by atoms with Crippen LogP contribution in [0.4, 0.5) is 0 Å². The Morgan fingerprint density at radius 3 is 2.38 bits per heavy atom. The summed E-state index contributed by atoms with van der Waals surface area (Å²) >= 11 is 0. The Kier molecular flexibility index (Phi) is 6.01. The third-order valence-corrected chi connectivity index (χ3v) is 7.66. The average molecular weight is 433 g/mol. The maximum atomic E-state index is 13.5. The van der Waals surface area contributed by atoms with Crippen LogP contribution in [0.1, 0.15) is 60.0 Å². The number of nitrogens with one attached hydrogen (secondary N) is 1. The molecule has 2 heterocycles. The van der Waals surface area contributed by atoms with Gasteiger partial charge in [0.1, 0.15) is 0 Å². The fourth-order valence-corrected chi connectivity index (χ4v) is 5.71. The van der Waals surface area contributed by atoms with Gasteiger partial charge in [0.2, 0.25) is 5.91 Å². The van der Waals surface area contributed by atoms with Crippen molar-refractivity contribution >= 4 is 11.8 Å². The van der Waals surface area contributed by atoms with Crippen molar-refractivity contribution in [2.45, 2.75) is 56.5 Å². The van der Waals surface area contributed by atoms with Crippen LogP contribution < -0.4 is 5.32 Å². The van der Waals surface area contributed by atoms with Crippen LogP contribution in [-0.4, -0.2) is 42.5 Å². The Labute approximate surface area is 190 Å². The first kappa shape index (κ1) is 21.2.